The number of carboxylic acids is 3. The molecule has 2 aliphatic rings. The standard InChI is InChI=1S/C11H15NO4.C10H12N2O3.C3H6O3.C3H6O2.4ClH.4H2N.H2O2.2Pt/c13-9-6-7-10(14)12(9)8-4-2-1-3-5-11(15)16;11-8-15-7-3-1-2-6-12-9(13)4-5-10(12)14;1-6-2-3(4)5;1-2-3(4)5;;;;;;;;;1-2;;/h6-7H,1-5,8H2,(H,15,16);4-5H,1-3,6-7H2;2H2,1H3,(H,4,5);2H2,1H3,(H,4,5);4*1H;4*1H2;1-2H;;/q;;;;;;;;4*-1;;2*+4/p-4. The first-order valence-electron chi connectivity index (χ1n) is 13.8. The fraction of sp³-hybridized carbons (Fsp3) is 0.556. The Hall–Kier alpha value is -2.28. The summed E-state index contributed by atoms with van der Waals surface area (Å²) in [7, 11) is 20.8. The predicted octanol–water partition coefficient (Wildman–Crippen LogP) is 7.36. The molecular formula is C27H49Cl4N7O14Pt2. The fourth-order valence-electron chi connectivity index (χ4n) is 2.99. The average Bonchev–Trinajstić information content (AvgIpc) is 3.57. The van der Waals surface area contributed by atoms with Crippen LogP contribution in [0.1, 0.15) is 64.7 Å². The third-order valence-electron chi connectivity index (χ3n) is 5.09. The number of ether oxygens (including phenoxy) is 2. The molecule has 0 aliphatic carbocycles. The van der Waals surface area contributed by atoms with E-state index in [9.17, 15) is 33.6 Å². The number of unbranched alkanes of at least 4 members (excludes halogenated alkanes) is 5. The first-order chi connectivity index (χ1) is 23.7. The molecule has 0 aromatic heterocycles. The maximum absolute atomic E-state index is 11.1. The topological polar surface area (TPSA) is 403 Å². The number of nitrogens with zero attached hydrogens (tertiary/aromatic N) is 3. The zero-order chi connectivity index (χ0) is 39.8. The summed E-state index contributed by atoms with van der Waals surface area (Å²) in [5, 5.41) is 44.0. The molecule has 0 aromatic carbocycles. The number of carbonyl (C=O) groups excluding carboxylic acids is 4. The molecule has 0 unspecified atom stereocenters. The number of nitriles is 1. The number of methoxy groups -OCH3 is 1. The molecule has 21 nitrogen and oxygen atoms in total. The minimum absolute atomic E-state index is 0. The van der Waals surface area contributed by atoms with Crippen LogP contribution in [0.15, 0.2) is 24.3 Å². The summed E-state index contributed by atoms with van der Waals surface area (Å²) in [5.41, 5.74) is 0. The number of nitrogens with two attached hydrogens (primary N) is 4. The van der Waals surface area contributed by atoms with Crippen LogP contribution in [-0.2, 0) is 76.0 Å². The molecule has 4 amide bonds. The van der Waals surface area contributed by atoms with Crippen LogP contribution in [0, 0.1) is 11.5 Å². The van der Waals surface area contributed by atoms with E-state index in [4.69, 9.17) is 68.8 Å². The number of aliphatic carboxylic acids is 3. The van der Waals surface area contributed by atoms with E-state index in [0.717, 1.165) is 38.5 Å². The average molecular weight is 1230 g/mol. The third kappa shape index (κ3) is 56.5. The van der Waals surface area contributed by atoms with Crippen molar-refractivity contribution in [1.29, 1.82) is 5.26 Å². The molecule has 0 aromatic rings. The number of rotatable bonds is 16. The summed E-state index contributed by atoms with van der Waals surface area (Å²) >= 11 is -0.944. The van der Waals surface area contributed by atoms with Gasteiger partial charge in [0.25, 0.3) is 29.9 Å². The Morgan fingerprint density at radius 3 is 1.22 bits per heavy atom. The molecule has 0 atom stereocenters. The molecule has 13 N–H and O–H groups in total. The number of carboxylic acid groups (broad SMARTS) is 3. The van der Waals surface area contributed by atoms with Crippen molar-refractivity contribution in [2.45, 2.75) is 64.7 Å². The zero-order valence-corrected chi connectivity index (χ0v) is 36.8. The van der Waals surface area contributed by atoms with E-state index >= 15 is 0 Å². The fourth-order valence-corrected chi connectivity index (χ4v) is 2.99. The number of carbonyl (C=O) groups is 7. The van der Waals surface area contributed by atoms with Gasteiger partial charge in [-0.05, 0) is 32.1 Å². The monoisotopic (exact) mass is 1230 g/mol. The molecule has 2 rings (SSSR count). The van der Waals surface area contributed by atoms with Gasteiger partial charge in [0.2, 0.25) is 0 Å². The van der Waals surface area contributed by atoms with E-state index in [1.807, 2.05) is 0 Å². The van der Waals surface area contributed by atoms with Gasteiger partial charge in [-0.3, -0.25) is 49.1 Å². The van der Waals surface area contributed by atoms with Gasteiger partial charge in [-0.25, -0.2) is 4.79 Å². The van der Waals surface area contributed by atoms with E-state index in [1.165, 1.54) is 41.2 Å². The Balaban J connectivity index is -0.0000000700. The summed E-state index contributed by atoms with van der Waals surface area (Å²) in [6.07, 6.45) is 12.5. The van der Waals surface area contributed by atoms with Crippen molar-refractivity contribution >= 4 is 79.2 Å². The smallest absolute Gasteiger partial charge is 0.693 e. The minimum Gasteiger partial charge on any atom is -0.693 e. The van der Waals surface area contributed by atoms with Crippen molar-refractivity contribution in [3.05, 3.63) is 48.9 Å². The van der Waals surface area contributed by atoms with Gasteiger partial charge in [0.05, 0.1) is 0 Å². The predicted molar refractivity (Wildman–Crippen MR) is 195 cm³/mol. The Bertz CT molecular complexity index is 1040. The second-order valence-electron chi connectivity index (χ2n) is 8.55. The summed E-state index contributed by atoms with van der Waals surface area (Å²) in [6, 6.07) is 0. The van der Waals surface area contributed by atoms with Crippen LogP contribution >= 0.6 is 37.7 Å². The van der Waals surface area contributed by atoms with Gasteiger partial charge in [0, 0.05) is 57.3 Å². The normalized spacial score (nSPS) is 10.9. The first-order valence-corrected chi connectivity index (χ1v) is 25.1. The van der Waals surface area contributed by atoms with E-state index in [1.54, 1.807) is 13.2 Å². The quantitative estimate of drug-likeness (QED) is 0.0331. The van der Waals surface area contributed by atoms with E-state index < -0.39 is 50.9 Å². The number of hydrogen-bond donors (Lipinski definition) is 5. The van der Waals surface area contributed by atoms with Crippen LogP contribution in [0.4, 0.5) is 0 Å². The molecular weight excluding hydrogens is 1180 g/mol. The third-order valence-corrected chi connectivity index (χ3v) is 5.09. The van der Waals surface area contributed by atoms with Crippen LogP contribution < -0.4 is 0 Å². The van der Waals surface area contributed by atoms with Gasteiger partial charge in [-0.2, -0.15) is 5.26 Å². The molecule has 324 valence electrons. The van der Waals surface area contributed by atoms with Crippen LogP contribution in [0.25, 0.3) is 24.6 Å². The molecule has 2 aliphatic heterocycles. The summed E-state index contributed by atoms with van der Waals surface area (Å²) < 4.78 is 8.70. The van der Waals surface area contributed by atoms with Crippen LogP contribution in [0.3, 0.4) is 0 Å². The second-order valence-corrected chi connectivity index (χ2v) is 15.1. The number of amides is 4. The molecule has 54 heavy (non-hydrogen) atoms. The van der Waals surface area contributed by atoms with Crippen molar-refractivity contribution in [2.24, 2.45) is 0 Å². The van der Waals surface area contributed by atoms with E-state index in [0.29, 0.717) is 26.1 Å². The van der Waals surface area contributed by atoms with Gasteiger partial charge in [-0.15, -0.1) is 0 Å². The molecule has 0 bridgehead atoms. The molecule has 2 heterocycles. The van der Waals surface area contributed by atoms with Crippen LogP contribution in [0.2, 0.25) is 0 Å². The maximum atomic E-state index is 11.1. The summed E-state index contributed by atoms with van der Waals surface area (Å²) in [5.74, 6) is -3.45. The Kier molecular flexibility index (Phi) is 77.5. The van der Waals surface area contributed by atoms with Crippen molar-refractivity contribution in [1.82, 2.24) is 9.80 Å². The van der Waals surface area contributed by atoms with Gasteiger partial charge in [-0.1, -0.05) is 19.8 Å². The van der Waals surface area contributed by atoms with E-state index in [2.05, 4.69) is 9.47 Å². The van der Waals surface area contributed by atoms with Crippen LogP contribution in [0.5, 0.6) is 0 Å². The molecule has 0 saturated carbocycles. The summed E-state index contributed by atoms with van der Waals surface area (Å²) in [4.78, 5) is 76.0. The SMILES string of the molecule is CCC(=O)O.COCC(=O)O.N#COCCCCCN1C(=O)C=CC1=O.O=C(O)CCCCCCN1C(=O)C=CC1=O.OO.[Cl][Pt+2][Cl].[Cl][Pt+2][Cl].[NH2-].[NH2-].[NH2-].[NH2-]. The van der Waals surface area contributed by atoms with Gasteiger partial charge in [0.1, 0.15) is 13.2 Å². The molecule has 0 radical (unpaired) electrons. The molecule has 27 heteroatoms. The van der Waals surface area contributed by atoms with Gasteiger partial charge < -0.3 is 49.4 Å². The Morgan fingerprint density at radius 2 is 0.981 bits per heavy atom. The van der Waals surface area contributed by atoms with Crippen molar-refractivity contribution in [2.75, 3.05) is 33.4 Å². The maximum Gasteiger partial charge on any atom is -0.693 e. The van der Waals surface area contributed by atoms with E-state index in [-0.39, 0.29) is 67.7 Å². The summed E-state index contributed by atoms with van der Waals surface area (Å²) in [6.45, 7) is 2.66. The largest absolute Gasteiger partial charge is 0.693 e. The number of hydrogen-bond acceptors (Lipinski definition) is 12. The number of imide groups is 2. The zero-order valence-electron chi connectivity index (χ0n) is 29.2. The molecule has 0 spiro atoms. The Morgan fingerprint density at radius 1 is 0.667 bits per heavy atom. The van der Waals surface area contributed by atoms with Crippen LogP contribution in [-0.4, -0.2) is 111 Å². The van der Waals surface area contributed by atoms with Crippen molar-refractivity contribution in [3.8, 4) is 6.26 Å². The first kappa shape index (κ1) is 72.9. The molecule has 0 saturated heterocycles. The van der Waals surface area contributed by atoms with Gasteiger partial charge >= 0.3 is 88.5 Å². The van der Waals surface area contributed by atoms with Crippen molar-refractivity contribution in [3.63, 3.8) is 0 Å². The second kappa shape index (κ2) is 57.4. The minimum atomic E-state index is -0.933. The molecule has 0 fully saturated rings. The Labute approximate surface area is 347 Å². The van der Waals surface area contributed by atoms with Gasteiger partial charge in [0.15, 0.2) is 0 Å². The number of halogens is 4. The van der Waals surface area contributed by atoms with Crippen molar-refractivity contribution < 1.29 is 102 Å².